The number of hydrogen-bond acceptors (Lipinski definition) is 4. The Morgan fingerprint density at radius 2 is 1.84 bits per heavy atom. The third kappa shape index (κ3) is 4.67. The molecule has 0 aliphatic rings. The van der Waals surface area contributed by atoms with Crippen LogP contribution in [0.25, 0.3) is 5.69 Å². The van der Waals surface area contributed by atoms with Crippen molar-refractivity contribution in [2.45, 2.75) is 33.7 Å². The molecule has 25 heavy (non-hydrogen) atoms. The lowest BCUT2D eigenvalue weighted by Gasteiger charge is -2.24. The van der Waals surface area contributed by atoms with Gasteiger partial charge in [0, 0.05) is 6.04 Å². The number of hydrogen-bond donors (Lipinski definition) is 2. The number of para-hydroxylation sites is 1. The third-order valence-electron chi connectivity index (χ3n) is 3.99. The highest BCUT2D eigenvalue weighted by Crippen LogP contribution is 2.22. The monoisotopic (exact) mass is 343 g/mol. The van der Waals surface area contributed by atoms with E-state index in [1.54, 1.807) is 9.58 Å². The fourth-order valence-corrected chi connectivity index (χ4v) is 2.63. The van der Waals surface area contributed by atoms with Crippen LogP contribution in [0.2, 0.25) is 0 Å². The van der Waals surface area contributed by atoms with E-state index < -0.39 is 5.91 Å². The number of anilines is 1. The summed E-state index contributed by atoms with van der Waals surface area (Å²) < 4.78 is 1.80. The van der Waals surface area contributed by atoms with Crippen molar-refractivity contribution in [3.05, 3.63) is 41.7 Å². The second kappa shape index (κ2) is 7.94. The lowest BCUT2D eigenvalue weighted by molar-refractivity contribution is -0.121. The number of carbonyl (C=O) groups is 2. The average Bonchev–Trinajstić information content (AvgIpc) is 2.82. The minimum absolute atomic E-state index is 0.0347. The summed E-state index contributed by atoms with van der Waals surface area (Å²) in [6, 6.07) is 9.77. The Hall–Kier alpha value is -2.67. The first-order valence-corrected chi connectivity index (χ1v) is 8.23. The molecule has 1 aromatic heterocycles. The van der Waals surface area contributed by atoms with Crippen LogP contribution in [-0.2, 0) is 9.59 Å². The molecule has 0 radical (unpaired) electrons. The molecule has 0 saturated carbocycles. The minimum atomic E-state index is -0.453. The van der Waals surface area contributed by atoms with Crippen molar-refractivity contribution in [1.29, 1.82) is 0 Å². The first-order chi connectivity index (χ1) is 11.8. The van der Waals surface area contributed by atoms with Crippen molar-refractivity contribution in [2.24, 2.45) is 5.73 Å². The lowest BCUT2D eigenvalue weighted by atomic mass is 10.2. The number of primary amides is 1. The Bertz CT molecular complexity index is 752. The van der Waals surface area contributed by atoms with Gasteiger partial charge >= 0.3 is 0 Å². The van der Waals surface area contributed by atoms with Crippen molar-refractivity contribution in [3.63, 3.8) is 0 Å². The number of nitrogens with zero attached hydrogens (tertiary/aromatic N) is 3. The van der Waals surface area contributed by atoms with Gasteiger partial charge in [-0.2, -0.15) is 5.10 Å². The first kappa shape index (κ1) is 18.7. The standard InChI is InChI=1S/C18H25N5O2/c1-12(2)22(10-16(19)24)11-17(25)20-18-13(3)21-23(14(18)4)15-8-6-5-7-9-15/h5-9,12H,10-11H2,1-4H3,(H2,19,24)(H,20,25). The number of nitrogens with one attached hydrogen (secondary N) is 1. The second-order valence-electron chi connectivity index (χ2n) is 6.31. The van der Waals surface area contributed by atoms with Gasteiger partial charge in [0.25, 0.3) is 0 Å². The molecule has 0 saturated heterocycles. The zero-order valence-electron chi connectivity index (χ0n) is 15.1. The van der Waals surface area contributed by atoms with E-state index in [1.165, 1.54) is 0 Å². The third-order valence-corrected chi connectivity index (χ3v) is 3.99. The number of carbonyl (C=O) groups excluding carboxylic acids is 2. The van der Waals surface area contributed by atoms with Crippen LogP contribution in [0.4, 0.5) is 5.69 Å². The van der Waals surface area contributed by atoms with Gasteiger partial charge in [0.2, 0.25) is 11.8 Å². The maximum absolute atomic E-state index is 12.4. The molecule has 0 aliphatic heterocycles. The molecule has 134 valence electrons. The summed E-state index contributed by atoms with van der Waals surface area (Å²) in [6.07, 6.45) is 0. The van der Waals surface area contributed by atoms with E-state index in [2.05, 4.69) is 10.4 Å². The summed E-state index contributed by atoms with van der Waals surface area (Å²) >= 11 is 0. The number of benzene rings is 1. The predicted octanol–water partition coefficient (Wildman–Crippen LogP) is 1.62. The van der Waals surface area contributed by atoms with Crippen LogP contribution in [-0.4, -0.2) is 45.6 Å². The van der Waals surface area contributed by atoms with Gasteiger partial charge in [-0.15, -0.1) is 0 Å². The van der Waals surface area contributed by atoms with Gasteiger partial charge in [-0.1, -0.05) is 18.2 Å². The van der Waals surface area contributed by atoms with Gasteiger partial charge in [0.1, 0.15) is 0 Å². The van der Waals surface area contributed by atoms with Gasteiger partial charge < -0.3 is 11.1 Å². The number of rotatable bonds is 7. The Kier molecular flexibility index (Phi) is 5.93. The summed E-state index contributed by atoms with van der Waals surface area (Å²) in [5.41, 5.74) is 8.46. The first-order valence-electron chi connectivity index (χ1n) is 8.23. The van der Waals surface area contributed by atoms with Gasteiger partial charge in [-0.25, -0.2) is 4.68 Å². The van der Waals surface area contributed by atoms with Crippen LogP contribution >= 0.6 is 0 Å². The Morgan fingerprint density at radius 1 is 1.20 bits per heavy atom. The van der Waals surface area contributed by atoms with Crippen LogP contribution in [0.15, 0.2) is 30.3 Å². The van der Waals surface area contributed by atoms with Gasteiger partial charge in [-0.05, 0) is 39.8 Å². The zero-order valence-corrected chi connectivity index (χ0v) is 15.1. The van der Waals surface area contributed by atoms with Crippen LogP contribution in [0.1, 0.15) is 25.2 Å². The maximum Gasteiger partial charge on any atom is 0.238 e. The van der Waals surface area contributed by atoms with Crippen molar-refractivity contribution in [3.8, 4) is 5.69 Å². The van der Waals surface area contributed by atoms with Crippen LogP contribution < -0.4 is 11.1 Å². The Morgan fingerprint density at radius 3 is 2.40 bits per heavy atom. The highest BCUT2D eigenvalue weighted by atomic mass is 16.2. The van der Waals surface area contributed by atoms with Crippen molar-refractivity contribution < 1.29 is 9.59 Å². The quantitative estimate of drug-likeness (QED) is 0.799. The van der Waals surface area contributed by atoms with Crippen LogP contribution in [0.3, 0.4) is 0 Å². The average molecular weight is 343 g/mol. The molecular formula is C18H25N5O2. The zero-order chi connectivity index (χ0) is 18.6. The van der Waals surface area contributed by atoms with Crippen LogP contribution in [0, 0.1) is 13.8 Å². The molecule has 0 spiro atoms. The molecule has 2 aromatic rings. The molecule has 2 rings (SSSR count). The number of nitrogens with two attached hydrogens (primary N) is 1. The summed E-state index contributed by atoms with van der Waals surface area (Å²) in [6.45, 7) is 7.74. The van der Waals surface area contributed by atoms with E-state index >= 15 is 0 Å². The van der Waals surface area contributed by atoms with Crippen molar-refractivity contribution >= 4 is 17.5 Å². The predicted molar refractivity (Wildman–Crippen MR) is 97.6 cm³/mol. The Balaban J connectivity index is 2.16. The van der Waals surface area contributed by atoms with E-state index in [9.17, 15) is 9.59 Å². The summed E-state index contributed by atoms with van der Waals surface area (Å²) in [7, 11) is 0. The largest absolute Gasteiger partial charge is 0.369 e. The lowest BCUT2D eigenvalue weighted by Crippen LogP contribution is -2.43. The molecule has 0 atom stereocenters. The number of amides is 2. The highest BCUT2D eigenvalue weighted by Gasteiger charge is 2.19. The molecule has 7 heteroatoms. The number of aryl methyl sites for hydroxylation is 1. The topological polar surface area (TPSA) is 93.2 Å². The molecule has 1 aromatic carbocycles. The molecule has 3 N–H and O–H groups in total. The van der Waals surface area contributed by atoms with E-state index in [0.717, 1.165) is 17.1 Å². The fraction of sp³-hybridized carbons (Fsp3) is 0.389. The van der Waals surface area contributed by atoms with E-state index in [1.807, 2.05) is 58.0 Å². The molecule has 0 aliphatic carbocycles. The highest BCUT2D eigenvalue weighted by molar-refractivity contribution is 5.93. The van der Waals surface area contributed by atoms with Gasteiger partial charge in [-0.3, -0.25) is 14.5 Å². The minimum Gasteiger partial charge on any atom is -0.369 e. The summed E-state index contributed by atoms with van der Waals surface area (Å²) in [4.78, 5) is 25.3. The van der Waals surface area contributed by atoms with Crippen LogP contribution in [0.5, 0.6) is 0 Å². The Labute approximate surface area is 147 Å². The van der Waals surface area contributed by atoms with Gasteiger partial charge in [0.05, 0.1) is 35.9 Å². The van der Waals surface area contributed by atoms with Gasteiger partial charge in [0.15, 0.2) is 0 Å². The van der Waals surface area contributed by atoms with E-state index in [4.69, 9.17) is 5.73 Å². The van der Waals surface area contributed by atoms with E-state index in [-0.39, 0.29) is 25.0 Å². The SMILES string of the molecule is Cc1nn(-c2ccccc2)c(C)c1NC(=O)CN(CC(N)=O)C(C)C. The van der Waals surface area contributed by atoms with Crippen molar-refractivity contribution in [2.75, 3.05) is 18.4 Å². The molecule has 0 unspecified atom stereocenters. The second-order valence-corrected chi connectivity index (χ2v) is 6.31. The summed E-state index contributed by atoms with van der Waals surface area (Å²) in [5, 5.41) is 7.42. The van der Waals surface area contributed by atoms with E-state index in [0.29, 0.717) is 5.69 Å². The summed E-state index contributed by atoms with van der Waals surface area (Å²) in [5.74, 6) is -0.653. The van der Waals surface area contributed by atoms with Crippen molar-refractivity contribution in [1.82, 2.24) is 14.7 Å². The molecule has 7 nitrogen and oxygen atoms in total. The normalized spacial score (nSPS) is 11.1. The molecule has 0 bridgehead atoms. The molecule has 0 fully saturated rings. The fourth-order valence-electron chi connectivity index (χ4n) is 2.63. The maximum atomic E-state index is 12.4. The smallest absolute Gasteiger partial charge is 0.238 e. The molecule has 1 heterocycles. The number of aromatic nitrogens is 2. The molecular weight excluding hydrogens is 318 g/mol. The molecule has 2 amide bonds.